The first kappa shape index (κ1) is 23.1. The Kier molecular flexibility index (Phi) is 6.12. The summed E-state index contributed by atoms with van der Waals surface area (Å²) >= 11 is 0. The first-order chi connectivity index (χ1) is 16.2. The van der Waals surface area contributed by atoms with Crippen LogP contribution in [0.15, 0.2) is 66.7 Å². The molecule has 0 aliphatic carbocycles. The predicted molar refractivity (Wildman–Crippen MR) is 136 cm³/mol. The predicted octanol–water partition coefficient (Wildman–Crippen LogP) is 7.61. The van der Waals surface area contributed by atoms with Crippen LogP contribution in [0.1, 0.15) is 27.8 Å². The minimum absolute atomic E-state index is 0.101. The normalized spacial score (nSPS) is 10.9. The van der Waals surface area contributed by atoms with Crippen LogP contribution in [0.5, 0.6) is 28.7 Å². The van der Waals surface area contributed by atoms with E-state index >= 15 is 0 Å². The molecule has 0 spiro atoms. The van der Waals surface area contributed by atoms with Gasteiger partial charge >= 0.3 is 0 Å². The zero-order valence-corrected chi connectivity index (χ0v) is 20.0. The Balaban J connectivity index is 1.91. The molecule has 5 heteroatoms. The fourth-order valence-electron chi connectivity index (χ4n) is 4.04. The van der Waals surface area contributed by atoms with Gasteiger partial charge in [-0.1, -0.05) is 18.2 Å². The lowest BCUT2D eigenvalue weighted by atomic mass is 10.0. The van der Waals surface area contributed by atoms with E-state index < -0.39 is 0 Å². The summed E-state index contributed by atoms with van der Waals surface area (Å²) in [6, 6.07) is 19.8. The number of rotatable bonds is 5. The van der Waals surface area contributed by atoms with Gasteiger partial charge in [-0.15, -0.1) is 0 Å². The molecular formula is C29H29NO4. The molecule has 0 aromatic heterocycles. The van der Waals surface area contributed by atoms with Gasteiger partial charge in [-0.2, -0.15) is 0 Å². The number of aryl methyl sites for hydroxylation is 3. The fraction of sp³-hybridized carbons (Fsp3) is 0.172. The lowest BCUT2D eigenvalue weighted by Gasteiger charge is -2.30. The maximum Gasteiger partial charge on any atom is 0.169 e. The van der Waals surface area contributed by atoms with Crippen molar-refractivity contribution < 1.29 is 20.1 Å². The summed E-state index contributed by atoms with van der Waals surface area (Å²) in [7, 11) is 0. The maximum absolute atomic E-state index is 10.4. The lowest BCUT2D eigenvalue weighted by molar-refractivity contribution is 0.408. The van der Waals surface area contributed by atoms with Gasteiger partial charge in [-0.25, -0.2) is 0 Å². The van der Waals surface area contributed by atoms with Crippen LogP contribution in [0, 0.1) is 34.6 Å². The van der Waals surface area contributed by atoms with Crippen molar-refractivity contribution in [3.8, 4) is 28.7 Å². The number of para-hydroxylation sites is 1. The second kappa shape index (κ2) is 9.02. The van der Waals surface area contributed by atoms with E-state index in [1.807, 2.05) is 75.9 Å². The van der Waals surface area contributed by atoms with E-state index in [0.717, 1.165) is 44.9 Å². The smallest absolute Gasteiger partial charge is 0.169 e. The average Bonchev–Trinajstić information content (AvgIpc) is 2.78. The summed E-state index contributed by atoms with van der Waals surface area (Å²) in [6.45, 7) is 9.75. The Morgan fingerprint density at radius 2 is 1.18 bits per heavy atom. The van der Waals surface area contributed by atoms with Crippen LogP contribution in [0.3, 0.4) is 0 Å². The highest BCUT2D eigenvalue weighted by molar-refractivity contribution is 5.83. The largest absolute Gasteiger partial charge is 0.508 e. The SMILES string of the molecule is Cc1cc(O)cc(N(c2cccc(Oc3cccc(C)c3O)c2)c2cc(O)cc(C)c2C)c1C. The van der Waals surface area contributed by atoms with Gasteiger partial charge in [0.15, 0.2) is 11.5 Å². The highest BCUT2D eigenvalue weighted by Crippen LogP contribution is 2.44. The number of phenols is 3. The summed E-state index contributed by atoms with van der Waals surface area (Å²) in [5.74, 6) is 1.35. The zero-order chi connectivity index (χ0) is 24.6. The van der Waals surface area contributed by atoms with E-state index in [9.17, 15) is 15.3 Å². The number of hydrogen-bond acceptors (Lipinski definition) is 5. The summed E-state index contributed by atoms with van der Waals surface area (Å²) in [5, 5.41) is 31.2. The van der Waals surface area contributed by atoms with E-state index in [1.54, 1.807) is 30.3 Å². The van der Waals surface area contributed by atoms with Crippen LogP contribution in [0.25, 0.3) is 0 Å². The van der Waals surface area contributed by atoms with Gasteiger partial charge in [0, 0.05) is 23.9 Å². The highest BCUT2D eigenvalue weighted by Gasteiger charge is 2.21. The molecule has 0 unspecified atom stereocenters. The van der Waals surface area contributed by atoms with Gasteiger partial charge in [-0.05, 0) is 92.8 Å². The molecular weight excluding hydrogens is 426 g/mol. The van der Waals surface area contributed by atoms with Crippen molar-refractivity contribution >= 4 is 17.1 Å². The van der Waals surface area contributed by atoms with Gasteiger partial charge in [0.25, 0.3) is 0 Å². The molecule has 34 heavy (non-hydrogen) atoms. The van der Waals surface area contributed by atoms with Crippen LogP contribution >= 0.6 is 0 Å². The third-order valence-corrected chi connectivity index (χ3v) is 6.24. The Hall–Kier alpha value is -4.12. The van der Waals surface area contributed by atoms with Crippen molar-refractivity contribution in [1.29, 1.82) is 0 Å². The summed E-state index contributed by atoms with van der Waals surface area (Å²) < 4.78 is 6.03. The van der Waals surface area contributed by atoms with Crippen molar-refractivity contribution in [3.63, 3.8) is 0 Å². The average molecular weight is 456 g/mol. The van der Waals surface area contributed by atoms with Crippen LogP contribution in [0.4, 0.5) is 17.1 Å². The standard InChI is InChI=1S/C29H29NO4/c1-17-8-6-11-28(29(17)33)34-25-10-7-9-22(14-25)30(26-15-23(31)12-18(2)20(26)4)27-16-24(32)13-19(3)21(27)5/h6-16,31-33H,1-5H3. The number of phenolic OH excluding ortho intramolecular Hbond substituents is 3. The quantitative estimate of drug-likeness (QED) is 0.289. The molecule has 0 saturated carbocycles. The van der Waals surface area contributed by atoms with E-state index in [4.69, 9.17) is 4.74 Å². The van der Waals surface area contributed by atoms with Crippen LogP contribution in [0.2, 0.25) is 0 Å². The van der Waals surface area contributed by atoms with Gasteiger partial charge in [0.1, 0.15) is 17.2 Å². The molecule has 5 nitrogen and oxygen atoms in total. The molecule has 0 radical (unpaired) electrons. The monoisotopic (exact) mass is 455 g/mol. The Labute approximate surface area is 200 Å². The first-order valence-electron chi connectivity index (χ1n) is 11.1. The summed E-state index contributed by atoms with van der Waals surface area (Å²) in [5.41, 5.74) is 7.00. The molecule has 0 amide bonds. The maximum atomic E-state index is 10.4. The number of benzene rings is 4. The molecule has 0 saturated heterocycles. The summed E-state index contributed by atoms with van der Waals surface area (Å²) in [6.07, 6.45) is 0. The van der Waals surface area contributed by atoms with Crippen molar-refractivity contribution in [3.05, 3.63) is 94.5 Å². The molecule has 0 fully saturated rings. The molecule has 174 valence electrons. The zero-order valence-electron chi connectivity index (χ0n) is 20.0. The Morgan fingerprint density at radius 3 is 1.76 bits per heavy atom. The third kappa shape index (κ3) is 4.37. The van der Waals surface area contributed by atoms with E-state index in [2.05, 4.69) is 0 Å². The number of hydrogen-bond donors (Lipinski definition) is 3. The second-order valence-electron chi connectivity index (χ2n) is 8.67. The van der Waals surface area contributed by atoms with Crippen molar-refractivity contribution in [2.24, 2.45) is 0 Å². The number of anilines is 3. The van der Waals surface area contributed by atoms with E-state index in [1.165, 1.54) is 0 Å². The Bertz CT molecular complexity index is 1320. The minimum Gasteiger partial charge on any atom is -0.508 e. The van der Waals surface area contributed by atoms with Gasteiger partial charge in [0.05, 0.1) is 11.4 Å². The topological polar surface area (TPSA) is 73.2 Å². The molecule has 0 aliphatic rings. The first-order valence-corrected chi connectivity index (χ1v) is 11.1. The minimum atomic E-state index is 0.101. The van der Waals surface area contributed by atoms with Crippen LogP contribution in [-0.2, 0) is 0 Å². The van der Waals surface area contributed by atoms with E-state index in [-0.39, 0.29) is 17.2 Å². The molecule has 4 rings (SSSR count). The molecule has 4 aromatic rings. The van der Waals surface area contributed by atoms with Crippen molar-refractivity contribution in [2.45, 2.75) is 34.6 Å². The van der Waals surface area contributed by atoms with Gasteiger partial charge in [0.2, 0.25) is 0 Å². The molecule has 0 bridgehead atoms. The van der Waals surface area contributed by atoms with Crippen LogP contribution in [-0.4, -0.2) is 15.3 Å². The Morgan fingerprint density at radius 1 is 0.618 bits per heavy atom. The van der Waals surface area contributed by atoms with E-state index in [0.29, 0.717) is 11.5 Å². The molecule has 4 aromatic carbocycles. The molecule has 0 heterocycles. The summed E-state index contributed by atoms with van der Waals surface area (Å²) in [4.78, 5) is 2.01. The number of nitrogens with zero attached hydrogens (tertiary/aromatic N) is 1. The second-order valence-corrected chi connectivity index (χ2v) is 8.67. The molecule has 0 atom stereocenters. The molecule has 0 aliphatic heterocycles. The fourth-order valence-corrected chi connectivity index (χ4v) is 4.04. The van der Waals surface area contributed by atoms with Crippen LogP contribution < -0.4 is 9.64 Å². The van der Waals surface area contributed by atoms with Crippen molar-refractivity contribution in [2.75, 3.05) is 4.90 Å². The number of aromatic hydroxyl groups is 3. The van der Waals surface area contributed by atoms with Crippen molar-refractivity contribution in [1.82, 2.24) is 0 Å². The van der Waals surface area contributed by atoms with Gasteiger partial charge in [-0.3, -0.25) is 0 Å². The van der Waals surface area contributed by atoms with Gasteiger partial charge < -0.3 is 25.0 Å². The lowest BCUT2D eigenvalue weighted by Crippen LogP contribution is -2.14. The molecule has 3 N–H and O–H groups in total. The third-order valence-electron chi connectivity index (χ3n) is 6.24. The highest BCUT2D eigenvalue weighted by atomic mass is 16.5. The number of ether oxygens (including phenoxy) is 1.